The summed E-state index contributed by atoms with van der Waals surface area (Å²) in [6, 6.07) is 6.26. The van der Waals surface area contributed by atoms with Gasteiger partial charge in [-0.1, -0.05) is 55.4 Å². The van der Waals surface area contributed by atoms with Gasteiger partial charge in [-0.3, -0.25) is 0 Å². The number of hydrogen-bond donors (Lipinski definition) is 6. The van der Waals surface area contributed by atoms with Crippen LogP contribution in [0.3, 0.4) is 0 Å². The van der Waals surface area contributed by atoms with Crippen molar-refractivity contribution in [2.45, 2.75) is 79.4 Å². The number of benzene rings is 2. The van der Waals surface area contributed by atoms with Crippen LogP contribution < -0.4 is 9.80 Å². The lowest BCUT2D eigenvalue weighted by atomic mass is 9.62. The van der Waals surface area contributed by atoms with Crippen LogP contribution >= 0.6 is 0 Å². The molecule has 0 heterocycles. The lowest BCUT2D eigenvalue weighted by molar-refractivity contribution is -0.0810. The first-order valence-corrected chi connectivity index (χ1v) is 14.6. The van der Waals surface area contributed by atoms with E-state index in [0.29, 0.717) is 35.0 Å². The Morgan fingerprint density at radius 1 is 0.500 bits per heavy atom. The molecule has 0 amide bonds. The minimum atomic E-state index is -1.25. The summed E-state index contributed by atoms with van der Waals surface area (Å²) in [6.45, 7) is 19.8. The molecule has 8 nitrogen and oxygen atoms in total. The summed E-state index contributed by atoms with van der Waals surface area (Å²) in [5.74, 6) is -1.35. The number of aliphatic hydroxyl groups is 2. The Morgan fingerprint density at radius 3 is 0.925 bits per heavy atom. The van der Waals surface area contributed by atoms with Gasteiger partial charge in [-0.25, -0.2) is 0 Å². The van der Waals surface area contributed by atoms with Gasteiger partial charge in [0.05, 0.1) is 12.2 Å². The van der Waals surface area contributed by atoms with Crippen LogP contribution in [0.4, 0.5) is 11.4 Å². The summed E-state index contributed by atoms with van der Waals surface area (Å²) in [5.41, 5.74) is 1.45. The number of rotatable bonds is 12. The number of nitrogens with zero attached hydrogens (tertiary/aromatic N) is 2. The van der Waals surface area contributed by atoms with Crippen LogP contribution in [0.2, 0.25) is 0 Å². The number of aromatic hydroxyl groups is 4. The molecular weight excluding hydrogens is 508 g/mol. The number of hydrogen-bond acceptors (Lipinski definition) is 8. The first kappa shape index (κ1) is 31.7. The molecule has 0 bridgehead atoms. The SMILES string of the molecule is CC(C)CN(CC(C)C)c1cc(O)c(C2C(O)C(c3c(O)cc(N(CC(C)C)CC(C)C)cc3O)C2O)c(O)c1. The summed E-state index contributed by atoms with van der Waals surface area (Å²) in [6.07, 6.45) is -2.49. The Hall–Kier alpha value is -2.84. The van der Waals surface area contributed by atoms with Crippen molar-refractivity contribution in [3.63, 3.8) is 0 Å². The Labute approximate surface area is 239 Å². The van der Waals surface area contributed by atoms with Gasteiger partial charge in [0.1, 0.15) is 23.0 Å². The fourth-order valence-electron chi connectivity index (χ4n) is 5.99. The fraction of sp³-hybridized carbons (Fsp3) is 0.625. The van der Waals surface area contributed by atoms with Crippen LogP contribution in [-0.2, 0) is 0 Å². The Morgan fingerprint density at radius 2 is 0.725 bits per heavy atom. The van der Waals surface area contributed by atoms with Gasteiger partial charge in [0, 0.05) is 84.8 Å². The molecule has 40 heavy (non-hydrogen) atoms. The Kier molecular flexibility index (Phi) is 10.1. The summed E-state index contributed by atoms with van der Waals surface area (Å²) < 4.78 is 0. The van der Waals surface area contributed by atoms with Crippen LogP contribution in [-0.4, -0.2) is 69.0 Å². The Balaban J connectivity index is 1.91. The van der Waals surface area contributed by atoms with Crippen LogP contribution in [0, 0.1) is 23.7 Å². The molecule has 3 rings (SSSR count). The lowest BCUT2D eigenvalue weighted by Gasteiger charge is -2.47. The highest BCUT2D eigenvalue weighted by atomic mass is 16.3. The van der Waals surface area contributed by atoms with Gasteiger partial charge in [0.15, 0.2) is 0 Å². The van der Waals surface area contributed by atoms with Crippen LogP contribution in [0.5, 0.6) is 23.0 Å². The molecule has 1 fully saturated rings. The van der Waals surface area contributed by atoms with Gasteiger partial charge >= 0.3 is 0 Å². The number of phenolic OH excluding ortho intramolecular Hbond substituents is 4. The average Bonchev–Trinajstić information content (AvgIpc) is 2.81. The highest BCUT2D eigenvalue weighted by Crippen LogP contribution is 2.56. The molecule has 0 atom stereocenters. The smallest absolute Gasteiger partial charge is 0.125 e. The molecule has 8 heteroatoms. The van der Waals surface area contributed by atoms with Crippen LogP contribution in [0.25, 0.3) is 0 Å². The van der Waals surface area contributed by atoms with E-state index in [9.17, 15) is 30.6 Å². The van der Waals surface area contributed by atoms with E-state index in [4.69, 9.17) is 0 Å². The molecule has 0 aromatic heterocycles. The van der Waals surface area contributed by atoms with Gasteiger partial charge < -0.3 is 40.4 Å². The average molecular weight is 559 g/mol. The largest absolute Gasteiger partial charge is 0.507 e. The van der Waals surface area contributed by atoms with E-state index in [0.717, 1.165) is 26.2 Å². The molecular formula is C32H50N2O6. The van der Waals surface area contributed by atoms with Gasteiger partial charge in [0.25, 0.3) is 0 Å². The molecule has 0 spiro atoms. The number of anilines is 2. The van der Waals surface area contributed by atoms with E-state index < -0.39 is 24.0 Å². The minimum Gasteiger partial charge on any atom is -0.507 e. The second kappa shape index (κ2) is 12.8. The summed E-state index contributed by atoms with van der Waals surface area (Å²) in [4.78, 5) is 4.21. The molecule has 224 valence electrons. The maximum Gasteiger partial charge on any atom is 0.125 e. The molecule has 0 unspecified atom stereocenters. The maximum atomic E-state index is 11.2. The van der Waals surface area contributed by atoms with Crippen molar-refractivity contribution in [3.8, 4) is 23.0 Å². The van der Waals surface area contributed by atoms with Gasteiger partial charge in [-0.05, 0) is 23.7 Å². The third-order valence-corrected chi connectivity index (χ3v) is 7.45. The third kappa shape index (κ3) is 6.89. The Bertz CT molecular complexity index is 985. The molecule has 1 aliphatic carbocycles. The monoisotopic (exact) mass is 558 g/mol. The molecule has 2 aromatic carbocycles. The highest BCUT2D eigenvalue weighted by Gasteiger charge is 2.54. The summed E-state index contributed by atoms with van der Waals surface area (Å²) >= 11 is 0. The quantitative estimate of drug-likeness (QED) is 0.206. The predicted octanol–water partition coefficient (Wildman–Crippen LogP) is 5.35. The molecule has 0 radical (unpaired) electrons. The standard InChI is InChI=1S/C32H50N2O6/c1-17(2)13-33(14-18(3)4)21-9-23(35)27(24(36)10-21)29-31(39)30(32(29)40)28-25(37)11-22(12-26(28)38)34(15-19(5)6)16-20(7)8/h9-12,17-20,29-32,35-40H,13-16H2,1-8H3. The lowest BCUT2D eigenvalue weighted by Crippen LogP contribution is -2.51. The topological polar surface area (TPSA) is 128 Å². The predicted molar refractivity (Wildman–Crippen MR) is 161 cm³/mol. The number of phenols is 4. The second-order valence-electron chi connectivity index (χ2n) is 13.2. The summed E-state index contributed by atoms with van der Waals surface area (Å²) in [7, 11) is 0. The minimum absolute atomic E-state index is 0.0599. The zero-order valence-corrected chi connectivity index (χ0v) is 25.3. The summed E-state index contributed by atoms with van der Waals surface area (Å²) in [5, 5.41) is 66.1. The molecule has 0 aliphatic heterocycles. The second-order valence-corrected chi connectivity index (χ2v) is 13.2. The van der Waals surface area contributed by atoms with Crippen LogP contribution in [0.15, 0.2) is 24.3 Å². The van der Waals surface area contributed by atoms with Crippen molar-refractivity contribution >= 4 is 11.4 Å². The van der Waals surface area contributed by atoms with Crippen LogP contribution in [0.1, 0.15) is 78.4 Å². The molecule has 1 aliphatic rings. The van der Waals surface area contributed by atoms with Crippen molar-refractivity contribution in [3.05, 3.63) is 35.4 Å². The van der Waals surface area contributed by atoms with Gasteiger partial charge in [-0.2, -0.15) is 0 Å². The van der Waals surface area contributed by atoms with E-state index in [1.54, 1.807) is 24.3 Å². The molecule has 6 N–H and O–H groups in total. The maximum absolute atomic E-state index is 11.2. The zero-order chi connectivity index (χ0) is 30.0. The van der Waals surface area contributed by atoms with Crippen molar-refractivity contribution in [2.24, 2.45) is 23.7 Å². The molecule has 1 saturated carbocycles. The zero-order valence-electron chi connectivity index (χ0n) is 25.3. The fourth-order valence-corrected chi connectivity index (χ4v) is 5.99. The van der Waals surface area contributed by atoms with Crippen molar-refractivity contribution in [1.29, 1.82) is 0 Å². The third-order valence-electron chi connectivity index (χ3n) is 7.45. The molecule has 0 saturated heterocycles. The first-order valence-electron chi connectivity index (χ1n) is 14.6. The number of aliphatic hydroxyl groups excluding tert-OH is 2. The normalized spacial score (nSPS) is 20.9. The van der Waals surface area contributed by atoms with Gasteiger partial charge in [-0.15, -0.1) is 0 Å². The van der Waals surface area contributed by atoms with E-state index in [-0.39, 0.29) is 34.1 Å². The van der Waals surface area contributed by atoms with Crippen molar-refractivity contribution < 1.29 is 30.6 Å². The van der Waals surface area contributed by atoms with Gasteiger partial charge in [0.2, 0.25) is 0 Å². The van der Waals surface area contributed by atoms with E-state index >= 15 is 0 Å². The highest BCUT2D eigenvalue weighted by molar-refractivity contribution is 5.64. The van der Waals surface area contributed by atoms with E-state index in [2.05, 4.69) is 65.2 Å². The van der Waals surface area contributed by atoms with E-state index in [1.165, 1.54) is 0 Å². The van der Waals surface area contributed by atoms with E-state index in [1.807, 2.05) is 0 Å². The first-order chi connectivity index (χ1) is 18.6. The molecule has 2 aromatic rings. The van der Waals surface area contributed by atoms with Crippen molar-refractivity contribution in [2.75, 3.05) is 36.0 Å². The van der Waals surface area contributed by atoms with Crippen molar-refractivity contribution in [1.82, 2.24) is 0 Å².